The van der Waals surface area contributed by atoms with Gasteiger partial charge in [-0.2, -0.15) is 10.1 Å². The minimum atomic E-state index is 0.0853. The van der Waals surface area contributed by atoms with Crippen molar-refractivity contribution in [1.29, 1.82) is 0 Å². The lowest BCUT2D eigenvalue weighted by Gasteiger charge is -2.15. The zero-order valence-corrected chi connectivity index (χ0v) is 14.6. The minimum absolute atomic E-state index is 0.0853. The Bertz CT molecular complexity index is 859. The predicted octanol–water partition coefficient (Wildman–Crippen LogP) is 4.65. The van der Waals surface area contributed by atoms with Crippen molar-refractivity contribution in [2.75, 3.05) is 10.6 Å². The Balaban J connectivity index is 1.49. The lowest BCUT2D eigenvalue weighted by atomic mass is 10.1. The maximum atomic E-state index is 6.23. The Kier molecular flexibility index (Phi) is 4.28. The van der Waals surface area contributed by atoms with Gasteiger partial charge in [-0.1, -0.05) is 41.9 Å². The highest BCUT2D eigenvalue weighted by molar-refractivity contribution is 6.32. The van der Waals surface area contributed by atoms with Crippen LogP contribution in [0.4, 0.5) is 17.6 Å². The third-order valence-electron chi connectivity index (χ3n) is 4.25. The molecule has 128 valence electrons. The van der Waals surface area contributed by atoms with Gasteiger partial charge in [0.2, 0.25) is 5.95 Å². The summed E-state index contributed by atoms with van der Waals surface area (Å²) in [6, 6.07) is 12.2. The number of benzene rings is 1. The Morgan fingerprint density at radius 3 is 2.80 bits per heavy atom. The van der Waals surface area contributed by atoms with Crippen molar-refractivity contribution in [3.63, 3.8) is 0 Å². The molecule has 4 rings (SSSR count). The lowest BCUT2D eigenvalue weighted by molar-refractivity contribution is 0.861. The molecule has 0 amide bonds. The second-order valence-electron chi connectivity index (χ2n) is 6.27. The Labute approximate surface area is 151 Å². The van der Waals surface area contributed by atoms with Crippen molar-refractivity contribution in [2.24, 2.45) is 0 Å². The molecule has 0 saturated heterocycles. The van der Waals surface area contributed by atoms with Gasteiger partial charge in [0.1, 0.15) is 5.02 Å². The van der Waals surface area contributed by atoms with E-state index in [1.165, 1.54) is 12.8 Å². The van der Waals surface area contributed by atoms with Crippen LogP contribution in [-0.4, -0.2) is 20.2 Å². The topological polar surface area (TPSA) is 78.5 Å². The smallest absolute Gasteiger partial charge is 0.225 e. The Morgan fingerprint density at radius 2 is 2.04 bits per heavy atom. The van der Waals surface area contributed by atoms with E-state index in [2.05, 4.69) is 49.9 Å². The van der Waals surface area contributed by atoms with E-state index in [-0.39, 0.29) is 6.04 Å². The molecule has 1 saturated carbocycles. The zero-order chi connectivity index (χ0) is 17.2. The van der Waals surface area contributed by atoms with Gasteiger partial charge in [-0.25, -0.2) is 4.98 Å². The molecule has 1 aliphatic carbocycles. The number of hydrogen-bond donors (Lipinski definition) is 3. The van der Waals surface area contributed by atoms with Crippen molar-refractivity contribution in [1.82, 2.24) is 20.2 Å². The summed E-state index contributed by atoms with van der Waals surface area (Å²) < 4.78 is 0. The van der Waals surface area contributed by atoms with Crippen LogP contribution in [-0.2, 0) is 0 Å². The van der Waals surface area contributed by atoms with Crippen molar-refractivity contribution in [3.8, 4) is 0 Å². The molecule has 2 heterocycles. The first kappa shape index (κ1) is 15.9. The Hall–Kier alpha value is -2.60. The van der Waals surface area contributed by atoms with E-state index in [4.69, 9.17) is 11.6 Å². The zero-order valence-electron chi connectivity index (χ0n) is 13.8. The first-order chi connectivity index (χ1) is 12.2. The van der Waals surface area contributed by atoms with Gasteiger partial charge < -0.3 is 10.6 Å². The SMILES string of the molecule is C[C@@H](Nc1ncc(Cl)c(Nc2cc(C3CC3)[nH]n2)n1)c1ccccc1. The van der Waals surface area contributed by atoms with Gasteiger partial charge in [-0.05, 0) is 25.3 Å². The van der Waals surface area contributed by atoms with Crippen LogP contribution < -0.4 is 10.6 Å². The van der Waals surface area contributed by atoms with Crippen LogP contribution in [0.15, 0.2) is 42.6 Å². The fourth-order valence-electron chi connectivity index (χ4n) is 2.67. The van der Waals surface area contributed by atoms with Gasteiger partial charge in [-0.15, -0.1) is 0 Å². The molecule has 1 atom stereocenters. The first-order valence-corrected chi connectivity index (χ1v) is 8.73. The van der Waals surface area contributed by atoms with E-state index in [0.717, 1.165) is 11.3 Å². The van der Waals surface area contributed by atoms with Crippen LogP contribution in [0.25, 0.3) is 0 Å². The molecule has 7 heteroatoms. The molecule has 3 aromatic rings. The molecule has 0 spiro atoms. The van der Waals surface area contributed by atoms with Crippen LogP contribution in [0.2, 0.25) is 5.02 Å². The molecule has 6 nitrogen and oxygen atoms in total. The van der Waals surface area contributed by atoms with E-state index in [1.54, 1.807) is 6.20 Å². The largest absolute Gasteiger partial charge is 0.348 e. The molecule has 25 heavy (non-hydrogen) atoms. The van der Waals surface area contributed by atoms with E-state index < -0.39 is 0 Å². The molecule has 0 aliphatic heterocycles. The van der Waals surface area contributed by atoms with Crippen molar-refractivity contribution in [3.05, 3.63) is 58.9 Å². The average molecular weight is 355 g/mol. The lowest BCUT2D eigenvalue weighted by Crippen LogP contribution is -2.10. The molecule has 1 aliphatic rings. The minimum Gasteiger partial charge on any atom is -0.348 e. The monoisotopic (exact) mass is 354 g/mol. The molecular weight excluding hydrogens is 336 g/mol. The highest BCUT2D eigenvalue weighted by Gasteiger charge is 2.25. The van der Waals surface area contributed by atoms with Crippen LogP contribution in [0, 0.1) is 0 Å². The summed E-state index contributed by atoms with van der Waals surface area (Å²) in [5.74, 6) is 2.38. The van der Waals surface area contributed by atoms with Gasteiger partial charge in [0.05, 0.1) is 12.2 Å². The van der Waals surface area contributed by atoms with Gasteiger partial charge in [0, 0.05) is 17.7 Å². The van der Waals surface area contributed by atoms with Crippen LogP contribution in [0.5, 0.6) is 0 Å². The fourth-order valence-corrected chi connectivity index (χ4v) is 2.81. The first-order valence-electron chi connectivity index (χ1n) is 8.35. The maximum absolute atomic E-state index is 6.23. The van der Waals surface area contributed by atoms with Crippen LogP contribution >= 0.6 is 11.6 Å². The highest BCUT2D eigenvalue weighted by atomic mass is 35.5. The summed E-state index contributed by atoms with van der Waals surface area (Å²) in [5.41, 5.74) is 2.32. The third-order valence-corrected chi connectivity index (χ3v) is 4.53. The normalized spacial score (nSPS) is 15.0. The fraction of sp³-hybridized carbons (Fsp3) is 0.278. The van der Waals surface area contributed by atoms with Gasteiger partial charge in [-0.3, -0.25) is 5.10 Å². The van der Waals surface area contributed by atoms with Gasteiger partial charge in [0.15, 0.2) is 11.6 Å². The van der Waals surface area contributed by atoms with Crippen molar-refractivity contribution < 1.29 is 0 Å². The number of nitrogens with one attached hydrogen (secondary N) is 3. The third kappa shape index (κ3) is 3.74. The predicted molar refractivity (Wildman–Crippen MR) is 99.4 cm³/mol. The second kappa shape index (κ2) is 6.72. The van der Waals surface area contributed by atoms with Gasteiger partial charge in [0.25, 0.3) is 0 Å². The molecule has 2 aromatic heterocycles. The van der Waals surface area contributed by atoms with E-state index >= 15 is 0 Å². The molecule has 3 N–H and O–H groups in total. The van der Waals surface area contributed by atoms with Crippen molar-refractivity contribution >= 4 is 29.2 Å². The van der Waals surface area contributed by atoms with Crippen LogP contribution in [0.3, 0.4) is 0 Å². The standard InChI is InChI=1S/C18H19ClN6/c1-11(12-5-3-2-4-6-12)21-18-20-10-14(19)17(23-18)22-16-9-15(24-25-16)13-7-8-13/h2-6,9-11,13H,7-8H2,1H3,(H3,20,21,22,23,24,25)/t11-/m1/s1. The summed E-state index contributed by atoms with van der Waals surface area (Å²) in [5, 5.41) is 14.2. The van der Waals surface area contributed by atoms with Crippen molar-refractivity contribution in [2.45, 2.75) is 31.7 Å². The highest BCUT2D eigenvalue weighted by Crippen LogP contribution is 2.39. The summed E-state index contributed by atoms with van der Waals surface area (Å²) in [7, 11) is 0. The maximum Gasteiger partial charge on any atom is 0.225 e. The molecular formula is C18H19ClN6. The summed E-state index contributed by atoms with van der Waals surface area (Å²) in [6.45, 7) is 2.07. The summed E-state index contributed by atoms with van der Waals surface area (Å²) >= 11 is 6.23. The Morgan fingerprint density at radius 1 is 1.24 bits per heavy atom. The number of halogens is 1. The number of rotatable bonds is 6. The number of hydrogen-bond acceptors (Lipinski definition) is 5. The second-order valence-corrected chi connectivity index (χ2v) is 6.68. The molecule has 1 aromatic carbocycles. The molecule has 0 radical (unpaired) electrons. The quantitative estimate of drug-likeness (QED) is 0.600. The number of aromatic nitrogens is 4. The van der Waals surface area contributed by atoms with Gasteiger partial charge >= 0.3 is 0 Å². The summed E-state index contributed by atoms with van der Waals surface area (Å²) in [6.07, 6.45) is 4.04. The number of aromatic amines is 1. The van der Waals surface area contributed by atoms with Crippen LogP contribution in [0.1, 0.15) is 43.0 Å². The molecule has 1 fully saturated rings. The number of nitrogens with zero attached hydrogens (tertiary/aromatic N) is 3. The van der Waals surface area contributed by atoms with E-state index in [1.807, 2.05) is 24.3 Å². The number of H-pyrrole nitrogens is 1. The average Bonchev–Trinajstić information content (AvgIpc) is 3.38. The molecule has 0 bridgehead atoms. The van der Waals surface area contributed by atoms with E-state index in [9.17, 15) is 0 Å². The number of anilines is 3. The summed E-state index contributed by atoms with van der Waals surface area (Å²) in [4.78, 5) is 8.75. The molecule has 0 unspecified atom stereocenters. The van der Waals surface area contributed by atoms with E-state index in [0.29, 0.717) is 28.5 Å².